The van der Waals surface area contributed by atoms with Gasteiger partial charge in [0, 0.05) is 25.2 Å². The van der Waals surface area contributed by atoms with E-state index in [0.717, 1.165) is 29.8 Å². The number of aryl methyl sites for hydroxylation is 2. The topological polar surface area (TPSA) is 81.8 Å². The van der Waals surface area contributed by atoms with Crippen molar-refractivity contribution in [3.8, 4) is 5.69 Å². The number of carbonyl (C=O) groups excluding carboxylic acids is 1. The molecule has 1 aliphatic rings. The summed E-state index contributed by atoms with van der Waals surface area (Å²) < 4.78 is 3.17. The molecule has 7 nitrogen and oxygen atoms in total. The molecule has 2 aromatic heterocycles. The quantitative estimate of drug-likeness (QED) is 0.784. The average molecular weight is 349 g/mol. The highest BCUT2D eigenvalue weighted by Gasteiger charge is 2.34. The summed E-state index contributed by atoms with van der Waals surface area (Å²) in [5, 5.41) is 11.2. The van der Waals surface area contributed by atoms with Crippen molar-refractivity contribution in [3.63, 3.8) is 0 Å². The average Bonchev–Trinajstić information content (AvgIpc) is 3.37. The van der Waals surface area contributed by atoms with Crippen molar-refractivity contribution in [1.29, 1.82) is 0 Å². The summed E-state index contributed by atoms with van der Waals surface area (Å²) in [6.07, 6.45) is 3.64. The second-order valence-electron chi connectivity index (χ2n) is 6.67. The molecule has 1 saturated carbocycles. The summed E-state index contributed by atoms with van der Waals surface area (Å²) in [6.45, 7) is 2.03. The molecule has 2 heterocycles. The maximum absolute atomic E-state index is 12.7. The minimum absolute atomic E-state index is 0.132. The van der Waals surface area contributed by atoms with Crippen LogP contribution in [0.15, 0.2) is 47.4 Å². The zero-order valence-corrected chi connectivity index (χ0v) is 14.6. The lowest BCUT2D eigenvalue weighted by Gasteiger charge is -2.08. The summed E-state index contributed by atoms with van der Waals surface area (Å²) in [7, 11) is 1.64. The Balaban J connectivity index is 1.68. The number of pyridine rings is 1. The number of amides is 1. The van der Waals surface area contributed by atoms with Crippen LogP contribution in [0.4, 0.5) is 5.69 Å². The van der Waals surface area contributed by atoms with Gasteiger partial charge in [0.25, 0.3) is 5.91 Å². The van der Waals surface area contributed by atoms with Gasteiger partial charge in [0.05, 0.1) is 17.1 Å². The molecule has 1 amide bonds. The Morgan fingerprint density at radius 3 is 2.54 bits per heavy atom. The van der Waals surface area contributed by atoms with E-state index in [4.69, 9.17) is 0 Å². The Morgan fingerprint density at radius 2 is 1.88 bits per heavy atom. The van der Waals surface area contributed by atoms with Gasteiger partial charge in [-0.1, -0.05) is 22.9 Å². The number of carbonyl (C=O) groups is 1. The van der Waals surface area contributed by atoms with E-state index in [1.807, 2.05) is 31.2 Å². The van der Waals surface area contributed by atoms with Gasteiger partial charge in [-0.2, -0.15) is 0 Å². The number of benzene rings is 1. The Hall–Kier alpha value is -3.22. The molecule has 1 aromatic carbocycles. The monoisotopic (exact) mass is 349 g/mol. The normalized spacial score (nSPS) is 13.6. The number of anilines is 1. The summed E-state index contributed by atoms with van der Waals surface area (Å²) in [6, 6.07) is 11.0. The molecule has 132 valence electrons. The molecule has 0 saturated heterocycles. The smallest absolute Gasteiger partial charge is 0.278 e. The largest absolute Gasteiger partial charge is 0.319 e. The van der Waals surface area contributed by atoms with Crippen molar-refractivity contribution in [2.75, 3.05) is 5.32 Å². The van der Waals surface area contributed by atoms with Gasteiger partial charge in [0.15, 0.2) is 5.69 Å². The molecular formula is C19H19N5O2. The number of nitrogens with one attached hydrogen (secondary N) is 1. The lowest BCUT2D eigenvalue weighted by molar-refractivity contribution is 0.102. The van der Waals surface area contributed by atoms with Gasteiger partial charge in [0.2, 0.25) is 5.56 Å². The van der Waals surface area contributed by atoms with Gasteiger partial charge >= 0.3 is 0 Å². The van der Waals surface area contributed by atoms with Gasteiger partial charge < -0.3 is 9.88 Å². The van der Waals surface area contributed by atoms with E-state index in [9.17, 15) is 9.59 Å². The van der Waals surface area contributed by atoms with E-state index < -0.39 is 0 Å². The Bertz CT molecular complexity index is 1030. The molecule has 3 aromatic rings. The fraction of sp³-hybridized carbons (Fsp3) is 0.263. The van der Waals surface area contributed by atoms with Crippen LogP contribution in [0.25, 0.3) is 5.69 Å². The lowest BCUT2D eigenvalue weighted by Crippen LogP contribution is -2.19. The van der Waals surface area contributed by atoms with Crippen molar-refractivity contribution < 1.29 is 4.79 Å². The van der Waals surface area contributed by atoms with Gasteiger partial charge in [-0.05, 0) is 38.0 Å². The third-order valence-electron chi connectivity index (χ3n) is 4.51. The molecule has 1 N–H and O–H groups in total. The van der Waals surface area contributed by atoms with Crippen LogP contribution in [0.3, 0.4) is 0 Å². The highest BCUT2D eigenvalue weighted by molar-refractivity contribution is 6.03. The minimum atomic E-state index is -0.316. The predicted octanol–water partition coefficient (Wildman–Crippen LogP) is 2.40. The lowest BCUT2D eigenvalue weighted by atomic mass is 10.2. The van der Waals surface area contributed by atoms with Crippen molar-refractivity contribution in [1.82, 2.24) is 19.6 Å². The molecule has 0 unspecified atom stereocenters. The van der Waals surface area contributed by atoms with Crippen molar-refractivity contribution >= 4 is 11.6 Å². The second-order valence-corrected chi connectivity index (χ2v) is 6.67. The van der Waals surface area contributed by atoms with E-state index >= 15 is 0 Å². The molecule has 1 fully saturated rings. The molecule has 4 rings (SSSR count). The summed E-state index contributed by atoms with van der Waals surface area (Å²) in [4.78, 5) is 24.2. The maximum atomic E-state index is 12.7. The molecule has 0 atom stereocenters. The third kappa shape index (κ3) is 3.03. The number of rotatable bonds is 4. The molecular weight excluding hydrogens is 330 g/mol. The first kappa shape index (κ1) is 16.3. The zero-order chi connectivity index (χ0) is 18.3. The van der Waals surface area contributed by atoms with Crippen molar-refractivity contribution in [2.24, 2.45) is 7.05 Å². The van der Waals surface area contributed by atoms with E-state index in [0.29, 0.717) is 17.3 Å². The van der Waals surface area contributed by atoms with Gasteiger partial charge in [0.1, 0.15) is 0 Å². The number of hydrogen-bond acceptors (Lipinski definition) is 4. The SMILES string of the molecule is Cc1ccc(-n2nnc(C(=O)Nc3ccc(=O)n(C)c3)c2C2CC2)cc1. The molecule has 26 heavy (non-hydrogen) atoms. The Morgan fingerprint density at radius 1 is 1.15 bits per heavy atom. The van der Waals surface area contributed by atoms with Crippen LogP contribution in [0.2, 0.25) is 0 Å². The van der Waals surface area contributed by atoms with Crippen LogP contribution in [-0.4, -0.2) is 25.5 Å². The maximum Gasteiger partial charge on any atom is 0.278 e. The van der Waals surface area contributed by atoms with Crippen molar-refractivity contribution in [2.45, 2.75) is 25.7 Å². The summed E-state index contributed by atoms with van der Waals surface area (Å²) >= 11 is 0. The first-order valence-corrected chi connectivity index (χ1v) is 8.53. The van der Waals surface area contributed by atoms with Crippen LogP contribution in [-0.2, 0) is 7.05 Å². The fourth-order valence-corrected chi connectivity index (χ4v) is 2.91. The Kier molecular flexibility index (Phi) is 3.91. The van der Waals surface area contributed by atoms with E-state index in [-0.39, 0.29) is 11.5 Å². The zero-order valence-electron chi connectivity index (χ0n) is 14.6. The van der Waals surface area contributed by atoms with Crippen LogP contribution in [0.1, 0.15) is 40.5 Å². The van der Waals surface area contributed by atoms with Gasteiger partial charge in [-0.25, -0.2) is 4.68 Å². The minimum Gasteiger partial charge on any atom is -0.319 e. The van der Waals surface area contributed by atoms with Crippen LogP contribution >= 0.6 is 0 Å². The fourth-order valence-electron chi connectivity index (χ4n) is 2.91. The van der Waals surface area contributed by atoms with Crippen LogP contribution < -0.4 is 10.9 Å². The van der Waals surface area contributed by atoms with Crippen molar-refractivity contribution in [3.05, 3.63) is 69.9 Å². The Labute approximate surface area is 150 Å². The predicted molar refractivity (Wildman–Crippen MR) is 97.7 cm³/mol. The van der Waals surface area contributed by atoms with E-state index in [2.05, 4.69) is 15.6 Å². The third-order valence-corrected chi connectivity index (χ3v) is 4.51. The van der Waals surface area contributed by atoms with Crippen LogP contribution in [0, 0.1) is 6.92 Å². The molecule has 1 aliphatic carbocycles. The first-order valence-electron chi connectivity index (χ1n) is 8.53. The second kappa shape index (κ2) is 6.25. The molecule has 0 bridgehead atoms. The van der Waals surface area contributed by atoms with Gasteiger partial charge in [-0.15, -0.1) is 5.10 Å². The van der Waals surface area contributed by atoms with Crippen LogP contribution in [0.5, 0.6) is 0 Å². The van der Waals surface area contributed by atoms with E-state index in [1.54, 1.807) is 24.0 Å². The molecule has 7 heteroatoms. The number of aromatic nitrogens is 4. The number of hydrogen-bond donors (Lipinski definition) is 1. The summed E-state index contributed by atoms with van der Waals surface area (Å²) in [5.74, 6) is -0.0175. The number of nitrogens with zero attached hydrogens (tertiary/aromatic N) is 4. The highest BCUT2D eigenvalue weighted by atomic mass is 16.2. The first-order chi connectivity index (χ1) is 12.5. The summed E-state index contributed by atoms with van der Waals surface area (Å²) in [5.41, 5.74) is 3.65. The van der Waals surface area contributed by atoms with E-state index in [1.165, 1.54) is 10.6 Å². The molecule has 0 radical (unpaired) electrons. The highest BCUT2D eigenvalue weighted by Crippen LogP contribution is 2.42. The van der Waals surface area contributed by atoms with Gasteiger partial charge in [-0.3, -0.25) is 9.59 Å². The molecule has 0 spiro atoms. The standard InChI is InChI=1S/C19H19N5O2/c1-12-3-8-15(9-4-12)24-18(13-5-6-13)17(21-22-24)19(26)20-14-7-10-16(25)23(2)11-14/h3-4,7-11,13H,5-6H2,1-2H3,(H,20,26). The molecule has 0 aliphatic heterocycles.